The van der Waals surface area contributed by atoms with Gasteiger partial charge in [0.1, 0.15) is 5.75 Å². The molecule has 5 nitrogen and oxygen atoms in total. The van der Waals surface area contributed by atoms with Crippen LogP contribution < -0.4 is 15.2 Å². The quantitative estimate of drug-likeness (QED) is 0.796. The van der Waals surface area contributed by atoms with E-state index in [0.717, 1.165) is 5.56 Å². The van der Waals surface area contributed by atoms with Crippen LogP contribution in [0.25, 0.3) is 0 Å². The van der Waals surface area contributed by atoms with Crippen LogP contribution in [0.3, 0.4) is 0 Å². The maximum Gasteiger partial charge on any atom is 0.251 e. The number of carbonyl (C=O) groups is 2. The Labute approximate surface area is 166 Å². The Kier molecular flexibility index (Phi) is 6.84. The highest BCUT2D eigenvalue weighted by molar-refractivity contribution is 5.94. The van der Waals surface area contributed by atoms with Gasteiger partial charge < -0.3 is 20.0 Å². The van der Waals surface area contributed by atoms with Gasteiger partial charge in [-0.15, -0.1) is 0 Å². The molecule has 0 radical (unpaired) electrons. The zero-order valence-corrected chi connectivity index (χ0v) is 17.1. The third kappa shape index (κ3) is 6.12. The summed E-state index contributed by atoms with van der Waals surface area (Å²) in [5, 5.41) is 14.0. The zero-order chi connectivity index (χ0) is 20.9. The van der Waals surface area contributed by atoms with Crippen molar-refractivity contribution in [2.45, 2.75) is 58.6 Å². The van der Waals surface area contributed by atoms with E-state index in [9.17, 15) is 14.7 Å². The first-order valence-electron chi connectivity index (χ1n) is 9.44. The highest BCUT2D eigenvalue weighted by Gasteiger charge is 2.18. The van der Waals surface area contributed by atoms with Crippen molar-refractivity contribution in [3.05, 3.63) is 65.2 Å². The summed E-state index contributed by atoms with van der Waals surface area (Å²) in [5.74, 6) is -0.861. The number of rotatable bonds is 7. The Morgan fingerprint density at radius 2 is 1.57 bits per heavy atom. The fourth-order valence-electron chi connectivity index (χ4n) is 2.83. The lowest BCUT2D eigenvalue weighted by Gasteiger charge is -2.21. The van der Waals surface area contributed by atoms with E-state index >= 15 is 0 Å². The molecule has 1 N–H and O–H groups in total. The predicted molar refractivity (Wildman–Crippen MR) is 107 cm³/mol. The molecule has 2 rings (SSSR count). The summed E-state index contributed by atoms with van der Waals surface area (Å²) in [6, 6.07) is 13.7. The number of carboxylic acids is 1. The van der Waals surface area contributed by atoms with Crippen LogP contribution >= 0.6 is 0 Å². The van der Waals surface area contributed by atoms with E-state index in [0.29, 0.717) is 16.9 Å². The molecule has 0 heterocycles. The van der Waals surface area contributed by atoms with Crippen LogP contribution in [-0.2, 0) is 10.2 Å². The van der Waals surface area contributed by atoms with Crippen molar-refractivity contribution in [1.29, 1.82) is 0 Å². The van der Waals surface area contributed by atoms with Crippen molar-refractivity contribution in [2.75, 3.05) is 0 Å². The molecule has 0 aliphatic carbocycles. The molecule has 0 fully saturated rings. The Morgan fingerprint density at radius 1 is 1.00 bits per heavy atom. The summed E-state index contributed by atoms with van der Waals surface area (Å²) in [4.78, 5) is 23.8. The van der Waals surface area contributed by atoms with E-state index < -0.39 is 12.0 Å². The highest BCUT2D eigenvalue weighted by atomic mass is 16.5. The lowest BCUT2D eigenvalue weighted by atomic mass is 9.86. The van der Waals surface area contributed by atoms with E-state index in [2.05, 4.69) is 26.1 Å². The third-order valence-electron chi connectivity index (χ3n) is 4.34. The topological polar surface area (TPSA) is 78.5 Å². The van der Waals surface area contributed by atoms with Gasteiger partial charge in [-0.3, -0.25) is 4.79 Å². The average molecular weight is 382 g/mol. The van der Waals surface area contributed by atoms with Crippen LogP contribution in [-0.4, -0.2) is 18.0 Å². The summed E-state index contributed by atoms with van der Waals surface area (Å²) in [6.07, 6.45) is -0.267. The minimum atomic E-state index is -1.23. The monoisotopic (exact) mass is 382 g/mol. The van der Waals surface area contributed by atoms with Gasteiger partial charge in [0.25, 0.3) is 5.91 Å². The summed E-state index contributed by atoms with van der Waals surface area (Å²) < 4.78 is 5.60. The number of carboxylic acid groups (broad SMARTS) is 1. The Balaban J connectivity index is 2.17. The molecule has 28 heavy (non-hydrogen) atoms. The molecule has 0 unspecified atom stereocenters. The van der Waals surface area contributed by atoms with Crippen LogP contribution in [0.4, 0.5) is 0 Å². The van der Waals surface area contributed by atoms with Crippen molar-refractivity contribution in [3.63, 3.8) is 0 Å². The van der Waals surface area contributed by atoms with Gasteiger partial charge in [-0.2, -0.15) is 0 Å². The third-order valence-corrected chi connectivity index (χ3v) is 4.34. The van der Waals surface area contributed by atoms with Gasteiger partial charge >= 0.3 is 0 Å². The predicted octanol–water partition coefficient (Wildman–Crippen LogP) is 3.38. The second-order valence-electron chi connectivity index (χ2n) is 8.17. The van der Waals surface area contributed by atoms with Crippen molar-refractivity contribution >= 4 is 11.9 Å². The molecular formula is C23H28NO4-. The molecular weight excluding hydrogens is 354 g/mol. The number of hydrogen-bond donors (Lipinski definition) is 1. The lowest BCUT2D eigenvalue weighted by molar-refractivity contribution is -0.306. The minimum Gasteiger partial charge on any atom is -0.550 e. The second kappa shape index (κ2) is 8.91. The Morgan fingerprint density at radius 3 is 2.04 bits per heavy atom. The van der Waals surface area contributed by atoms with Gasteiger partial charge in [0, 0.05) is 18.0 Å². The fourth-order valence-corrected chi connectivity index (χ4v) is 2.83. The summed E-state index contributed by atoms with van der Waals surface area (Å²) in [5.41, 5.74) is 2.28. The van der Waals surface area contributed by atoms with Gasteiger partial charge in [-0.1, -0.05) is 45.0 Å². The number of nitrogens with one attached hydrogen (secondary N) is 1. The maximum absolute atomic E-state index is 12.6. The van der Waals surface area contributed by atoms with Gasteiger partial charge in [-0.05, 0) is 54.7 Å². The number of ether oxygens (including phenoxy) is 1. The van der Waals surface area contributed by atoms with Crippen LogP contribution in [0, 0.1) is 0 Å². The first kappa shape index (κ1) is 21.5. The molecule has 150 valence electrons. The number of benzene rings is 2. The van der Waals surface area contributed by atoms with E-state index in [1.165, 1.54) is 0 Å². The van der Waals surface area contributed by atoms with E-state index in [1.54, 1.807) is 36.4 Å². The van der Waals surface area contributed by atoms with Crippen LogP contribution in [0.2, 0.25) is 0 Å². The molecule has 0 aliphatic heterocycles. The number of carbonyl (C=O) groups excluding carboxylic acids is 2. The van der Waals surface area contributed by atoms with Crippen molar-refractivity contribution in [2.24, 2.45) is 0 Å². The summed E-state index contributed by atoms with van der Waals surface area (Å²) >= 11 is 0. The first-order valence-corrected chi connectivity index (χ1v) is 9.44. The maximum atomic E-state index is 12.6. The van der Waals surface area contributed by atoms with Crippen LogP contribution in [0.1, 0.15) is 68.6 Å². The second-order valence-corrected chi connectivity index (χ2v) is 8.17. The first-order chi connectivity index (χ1) is 13.1. The highest BCUT2D eigenvalue weighted by Crippen LogP contribution is 2.24. The molecule has 0 bridgehead atoms. The van der Waals surface area contributed by atoms with E-state index in [-0.39, 0.29) is 23.8 Å². The van der Waals surface area contributed by atoms with Gasteiger partial charge in [0.05, 0.1) is 12.1 Å². The van der Waals surface area contributed by atoms with E-state index in [4.69, 9.17) is 4.74 Å². The molecule has 2 aromatic rings. The number of hydrogen-bond acceptors (Lipinski definition) is 4. The standard InChI is InChI=1S/C23H29NO4/c1-15(2)28-19-12-8-16(9-13-19)20(14-21(25)26)24-22(27)17-6-10-18(11-7-17)23(3,4)5/h6-13,15,20H,14H2,1-5H3,(H,24,27)(H,25,26)/p-1/t20-/m1/s1. The molecule has 0 saturated heterocycles. The molecule has 0 aromatic heterocycles. The number of amides is 1. The molecule has 0 saturated carbocycles. The van der Waals surface area contributed by atoms with E-state index in [1.807, 2.05) is 26.0 Å². The molecule has 1 atom stereocenters. The molecule has 5 heteroatoms. The molecule has 0 spiro atoms. The van der Waals surface area contributed by atoms with Gasteiger partial charge in [0.2, 0.25) is 0 Å². The van der Waals surface area contributed by atoms with Crippen molar-refractivity contribution in [3.8, 4) is 5.75 Å². The van der Waals surface area contributed by atoms with Gasteiger partial charge in [-0.25, -0.2) is 0 Å². The molecule has 2 aromatic carbocycles. The normalized spacial score (nSPS) is 12.5. The van der Waals surface area contributed by atoms with Crippen LogP contribution in [0.5, 0.6) is 5.75 Å². The summed E-state index contributed by atoms with van der Waals surface area (Å²) in [6.45, 7) is 10.2. The Bertz CT molecular complexity index is 802. The largest absolute Gasteiger partial charge is 0.550 e. The summed E-state index contributed by atoms with van der Waals surface area (Å²) in [7, 11) is 0. The zero-order valence-electron chi connectivity index (χ0n) is 17.1. The average Bonchev–Trinajstić information content (AvgIpc) is 2.60. The molecule has 0 aliphatic rings. The minimum absolute atomic E-state index is 0.00762. The number of aliphatic carboxylic acids is 1. The van der Waals surface area contributed by atoms with Crippen molar-refractivity contribution < 1.29 is 19.4 Å². The smallest absolute Gasteiger partial charge is 0.251 e. The Hall–Kier alpha value is -2.82. The van der Waals surface area contributed by atoms with Crippen LogP contribution in [0.15, 0.2) is 48.5 Å². The molecule has 1 amide bonds. The SMILES string of the molecule is CC(C)Oc1ccc([C@@H](CC(=O)[O-])NC(=O)c2ccc(C(C)(C)C)cc2)cc1. The lowest BCUT2D eigenvalue weighted by Crippen LogP contribution is -2.34. The van der Waals surface area contributed by atoms with Gasteiger partial charge in [0.15, 0.2) is 0 Å². The fraction of sp³-hybridized carbons (Fsp3) is 0.391. The van der Waals surface area contributed by atoms with Crippen molar-refractivity contribution in [1.82, 2.24) is 5.32 Å².